The highest BCUT2D eigenvalue weighted by atomic mass is 15.2. The molecule has 2 atom stereocenters. The highest BCUT2D eigenvalue weighted by Crippen LogP contribution is 2.36. The molecule has 0 aromatic carbocycles. The van der Waals surface area contributed by atoms with Gasteiger partial charge in [-0.05, 0) is 50.5 Å². The zero-order valence-electron chi connectivity index (χ0n) is 10.5. The lowest BCUT2D eigenvalue weighted by Crippen LogP contribution is -2.38. The third kappa shape index (κ3) is 2.43. The fourth-order valence-corrected chi connectivity index (χ4v) is 4.04. The lowest BCUT2D eigenvalue weighted by atomic mass is 10.1. The average molecular weight is 222 g/mol. The van der Waals surface area contributed by atoms with Crippen LogP contribution in [0.2, 0.25) is 0 Å². The van der Waals surface area contributed by atoms with Gasteiger partial charge >= 0.3 is 0 Å². The van der Waals surface area contributed by atoms with E-state index in [0.29, 0.717) is 0 Å². The van der Waals surface area contributed by atoms with E-state index < -0.39 is 0 Å². The van der Waals surface area contributed by atoms with E-state index in [1.807, 2.05) is 0 Å². The minimum atomic E-state index is 0.957. The average Bonchev–Trinajstić information content (AvgIpc) is 3.01. The molecule has 1 saturated heterocycles. The molecule has 2 unspecified atom stereocenters. The van der Waals surface area contributed by atoms with Gasteiger partial charge in [0.05, 0.1) is 0 Å². The molecule has 3 aliphatic rings. The Morgan fingerprint density at radius 1 is 1.06 bits per heavy atom. The second kappa shape index (κ2) is 5.05. The summed E-state index contributed by atoms with van der Waals surface area (Å²) in [6.45, 7) is 5.20. The summed E-state index contributed by atoms with van der Waals surface area (Å²) in [6.07, 6.45) is 10.4. The second-order valence-electron chi connectivity index (χ2n) is 6.18. The molecule has 0 radical (unpaired) electrons. The quantitative estimate of drug-likeness (QED) is 0.718. The maximum Gasteiger partial charge on any atom is 0.0110 e. The van der Waals surface area contributed by atoms with Crippen LogP contribution in [0, 0.1) is 11.8 Å². The lowest BCUT2D eigenvalue weighted by Gasteiger charge is -2.26. The number of nitrogens with one attached hydrogen (secondary N) is 1. The number of fused-ring (bicyclic) bond motifs is 2. The summed E-state index contributed by atoms with van der Waals surface area (Å²) in [6, 6.07) is 0.957. The van der Waals surface area contributed by atoms with Crippen LogP contribution in [-0.4, -0.2) is 37.1 Å². The molecule has 2 aliphatic carbocycles. The molecule has 2 heteroatoms. The first-order chi connectivity index (χ1) is 7.92. The standard InChI is InChI=1S/C14H26N2/c1-2-4-12(3-1)10-15-7-8-16-11-13-5-6-14(16)9-13/h12-15H,1-11H2. The molecule has 0 aromatic heterocycles. The molecule has 92 valence electrons. The number of rotatable bonds is 5. The predicted octanol–water partition coefficient (Wildman–Crippen LogP) is 2.25. The Labute approximate surface area is 99.8 Å². The zero-order chi connectivity index (χ0) is 10.8. The van der Waals surface area contributed by atoms with Crippen molar-refractivity contribution in [1.29, 1.82) is 0 Å². The van der Waals surface area contributed by atoms with Gasteiger partial charge in [0.1, 0.15) is 0 Å². The van der Waals surface area contributed by atoms with E-state index in [2.05, 4.69) is 10.2 Å². The minimum absolute atomic E-state index is 0.957. The number of hydrogen-bond acceptors (Lipinski definition) is 2. The van der Waals surface area contributed by atoms with Crippen molar-refractivity contribution >= 4 is 0 Å². The van der Waals surface area contributed by atoms with E-state index in [1.54, 1.807) is 0 Å². The molecule has 2 nitrogen and oxygen atoms in total. The number of likely N-dealkylation sites (tertiary alicyclic amines) is 1. The van der Waals surface area contributed by atoms with Crippen molar-refractivity contribution in [2.45, 2.75) is 51.0 Å². The van der Waals surface area contributed by atoms with Crippen LogP contribution in [0.15, 0.2) is 0 Å². The van der Waals surface area contributed by atoms with Crippen LogP contribution in [0.25, 0.3) is 0 Å². The third-order valence-electron chi connectivity index (χ3n) is 5.01. The molecule has 16 heavy (non-hydrogen) atoms. The van der Waals surface area contributed by atoms with Crippen LogP contribution < -0.4 is 5.32 Å². The molecule has 3 fully saturated rings. The molecule has 1 heterocycles. The lowest BCUT2D eigenvalue weighted by molar-refractivity contribution is 0.213. The molecule has 3 rings (SSSR count). The van der Waals surface area contributed by atoms with Crippen LogP contribution in [0.1, 0.15) is 44.9 Å². The van der Waals surface area contributed by atoms with Crippen molar-refractivity contribution in [3.8, 4) is 0 Å². The van der Waals surface area contributed by atoms with Crippen molar-refractivity contribution < 1.29 is 0 Å². The van der Waals surface area contributed by atoms with Gasteiger partial charge in [-0.25, -0.2) is 0 Å². The van der Waals surface area contributed by atoms with Crippen LogP contribution in [0.3, 0.4) is 0 Å². The van der Waals surface area contributed by atoms with Crippen molar-refractivity contribution in [2.24, 2.45) is 11.8 Å². The van der Waals surface area contributed by atoms with Gasteiger partial charge < -0.3 is 5.32 Å². The summed E-state index contributed by atoms with van der Waals surface area (Å²) in [5, 5.41) is 3.67. The predicted molar refractivity (Wildman–Crippen MR) is 67.5 cm³/mol. The van der Waals surface area contributed by atoms with E-state index in [9.17, 15) is 0 Å². The summed E-state index contributed by atoms with van der Waals surface area (Å²) in [4.78, 5) is 2.73. The Kier molecular flexibility index (Phi) is 3.49. The molecule has 1 N–H and O–H groups in total. The summed E-state index contributed by atoms with van der Waals surface area (Å²) in [7, 11) is 0. The van der Waals surface area contributed by atoms with Crippen LogP contribution >= 0.6 is 0 Å². The second-order valence-corrected chi connectivity index (χ2v) is 6.18. The van der Waals surface area contributed by atoms with Crippen LogP contribution in [0.4, 0.5) is 0 Å². The summed E-state index contributed by atoms with van der Waals surface area (Å²) in [5.74, 6) is 2.05. The summed E-state index contributed by atoms with van der Waals surface area (Å²) in [5.41, 5.74) is 0. The van der Waals surface area contributed by atoms with E-state index in [-0.39, 0.29) is 0 Å². The van der Waals surface area contributed by atoms with E-state index >= 15 is 0 Å². The van der Waals surface area contributed by atoms with Gasteiger partial charge in [-0.15, -0.1) is 0 Å². The maximum atomic E-state index is 3.67. The first kappa shape index (κ1) is 11.0. The molecule has 1 aliphatic heterocycles. The topological polar surface area (TPSA) is 15.3 Å². The van der Waals surface area contributed by atoms with Gasteiger partial charge in [-0.2, -0.15) is 0 Å². The van der Waals surface area contributed by atoms with Crippen molar-refractivity contribution in [3.05, 3.63) is 0 Å². The Hall–Kier alpha value is -0.0800. The molecule has 2 saturated carbocycles. The first-order valence-corrected chi connectivity index (χ1v) is 7.36. The largest absolute Gasteiger partial charge is 0.315 e. The number of piperidine rings is 1. The van der Waals surface area contributed by atoms with Gasteiger partial charge in [-0.1, -0.05) is 12.8 Å². The van der Waals surface area contributed by atoms with Crippen LogP contribution in [0.5, 0.6) is 0 Å². The highest BCUT2D eigenvalue weighted by Gasteiger charge is 2.36. The van der Waals surface area contributed by atoms with Crippen LogP contribution in [-0.2, 0) is 0 Å². The van der Waals surface area contributed by atoms with Gasteiger partial charge in [-0.3, -0.25) is 4.90 Å². The zero-order valence-corrected chi connectivity index (χ0v) is 10.5. The normalized spacial score (nSPS) is 35.2. The van der Waals surface area contributed by atoms with Gasteiger partial charge in [0.2, 0.25) is 0 Å². The van der Waals surface area contributed by atoms with E-state index in [0.717, 1.165) is 17.9 Å². The molecule has 0 amide bonds. The smallest absolute Gasteiger partial charge is 0.0110 e. The van der Waals surface area contributed by atoms with Crippen molar-refractivity contribution in [1.82, 2.24) is 10.2 Å². The molecule has 2 bridgehead atoms. The van der Waals surface area contributed by atoms with Gasteiger partial charge in [0, 0.05) is 25.7 Å². The minimum Gasteiger partial charge on any atom is -0.315 e. The Morgan fingerprint density at radius 2 is 1.94 bits per heavy atom. The Bertz CT molecular complexity index is 223. The van der Waals surface area contributed by atoms with Crippen molar-refractivity contribution in [2.75, 3.05) is 26.2 Å². The van der Waals surface area contributed by atoms with E-state index in [1.165, 1.54) is 71.1 Å². The SMILES string of the molecule is C1CCC(CNCCN2CC3CCC2C3)C1. The van der Waals surface area contributed by atoms with Gasteiger partial charge in [0.25, 0.3) is 0 Å². The van der Waals surface area contributed by atoms with E-state index in [4.69, 9.17) is 0 Å². The molecule has 0 aromatic rings. The number of nitrogens with zero attached hydrogens (tertiary/aromatic N) is 1. The van der Waals surface area contributed by atoms with Gasteiger partial charge in [0.15, 0.2) is 0 Å². The third-order valence-corrected chi connectivity index (χ3v) is 5.01. The number of hydrogen-bond donors (Lipinski definition) is 1. The first-order valence-electron chi connectivity index (χ1n) is 7.36. The maximum absolute atomic E-state index is 3.67. The summed E-state index contributed by atoms with van der Waals surface area (Å²) >= 11 is 0. The fraction of sp³-hybridized carbons (Fsp3) is 1.00. The monoisotopic (exact) mass is 222 g/mol. The highest BCUT2D eigenvalue weighted by molar-refractivity contribution is 4.92. The molecular formula is C14H26N2. The molecule has 0 spiro atoms. The Balaban J connectivity index is 1.29. The summed E-state index contributed by atoms with van der Waals surface area (Å²) < 4.78 is 0. The molecular weight excluding hydrogens is 196 g/mol. The Morgan fingerprint density at radius 3 is 2.62 bits per heavy atom. The van der Waals surface area contributed by atoms with Crippen molar-refractivity contribution in [3.63, 3.8) is 0 Å². The fourth-order valence-electron chi connectivity index (χ4n) is 4.04.